The highest BCUT2D eigenvalue weighted by atomic mass is 16.6. The lowest BCUT2D eigenvalue weighted by atomic mass is 9.89. The van der Waals surface area contributed by atoms with Crippen LogP contribution in [0, 0.1) is 11.8 Å². The third-order valence-electron chi connectivity index (χ3n) is 11.4. The van der Waals surface area contributed by atoms with Crippen LogP contribution in [0.4, 0.5) is 20.1 Å². The molecular weight excluding hydrogens is 859 g/mol. The molecule has 5 N–H and O–H groups in total. The number of hydrogen-bond donors (Lipinski definition) is 4. The van der Waals surface area contributed by atoms with Crippen LogP contribution in [0.5, 0.6) is 0 Å². The van der Waals surface area contributed by atoms with E-state index in [-0.39, 0.29) is 81.5 Å². The average molecular weight is 924 g/mol. The molecule has 0 aromatic heterocycles. The van der Waals surface area contributed by atoms with E-state index in [0.717, 1.165) is 21.6 Å². The highest BCUT2D eigenvalue weighted by molar-refractivity contribution is 6.12. The van der Waals surface area contributed by atoms with Crippen LogP contribution in [0.15, 0.2) is 91.0 Å². The molecule has 17 nitrogen and oxygen atoms in total. The zero-order chi connectivity index (χ0) is 49.1. The molecule has 67 heavy (non-hydrogen) atoms. The second-order valence-electron chi connectivity index (χ2n) is 17.5. The summed E-state index contributed by atoms with van der Waals surface area (Å²) in [6, 6.07) is 23.0. The molecule has 4 rings (SSSR count). The Balaban J connectivity index is 1.22. The number of amides is 8. The molecule has 360 valence electrons. The fourth-order valence-corrected chi connectivity index (χ4v) is 7.22. The molecule has 0 spiro atoms. The molecule has 3 aromatic carbocycles. The first kappa shape index (κ1) is 52.6. The number of urea groups is 1. The van der Waals surface area contributed by atoms with Gasteiger partial charge in [-0.1, -0.05) is 87.0 Å². The van der Waals surface area contributed by atoms with Crippen molar-refractivity contribution >= 4 is 53.3 Å². The Hall–Kier alpha value is -7.04. The average Bonchev–Trinajstić information content (AvgIpc) is 3.62. The van der Waals surface area contributed by atoms with E-state index in [2.05, 4.69) is 16.0 Å². The van der Waals surface area contributed by atoms with Crippen LogP contribution in [0.3, 0.4) is 0 Å². The second kappa shape index (κ2) is 25.6. The molecule has 0 aliphatic carbocycles. The zero-order valence-electron chi connectivity index (χ0n) is 39.4. The van der Waals surface area contributed by atoms with Crippen molar-refractivity contribution < 1.29 is 47.8 Å². The Labute approximate surface area is 392 Å². The number of carbonyl (C=O) groups is 8. The van der Waals surface area contributed by atoms with Gasteiger partial charge in [-0.3, -0.25) is 28.9 Å². The van der Waals surface area contributed by atoms with E-state index < -0.39 is 41.7 Å². The summed E-state index contributed by atoms with van der Waals surface area (Å²) in [7, 11) is 3.16. The van der Waals surface area contributed by atoms with Crippen molar-refractivity contribution in [2.45, 2.75) is 90.9 Å². The number of ether oxygens (including phenoxy) is 2. The summed E-state index contributed by atoms with van der Waals surface area (Å²) < 4.78 is 11.3. The maximum Gasteiger partial charge on any atom is 0.410 e. The summed E-state index contributed by atoms with van der Waals surface area (Å²) in [5.74, 6) is -2.83. The number of nitrogens with one attached hydrogen (secondary N) is 3. The van der Waals surface area contributed by atoms with E-state index in [4.69, 9.17) is 15.2 Å². The summed E-state index contributed by atoms with van der Waals surface area (Å²) >= 11 is 0. The minimum Gasteiger partial charge on any atom is -0.445 e. The monoisotopic (exact) mass is 923 g/mol. The van der Waals surface area contributed by atoms with Crippen molar-refractivity contribution in [2.75, 3.05) is 45.6 Å². The van der Waals surface area contributed by atoms with Crippen molar-refractivity contribution in [1.29, 1.82) is 0 Å². The van der Waals surface area contributed by atoms with E-state index in [9.17, 15) is 38.4 Å². The second-order valence-corrected chi connectivity index (χ2v) is 17.5. The van der Waals surface area contributed by atoms with E-state index in [1.54, 1.807) is 52.2 Å². The molecule has 1 aliphatic heterocycles. The highest BCUT2D eigenvalue weighted by Gasteiger charge is 2.30. The van der Waals surface area contributed by atoms with Gasteiger partial charge in [0.1, 0.15) is 12.2 Å². The Kier molecular flexibility index (Phi) is 20.1. The number of Topliss-reactive ketones (excluding diaryl/α,β-unsaturated/α-hetero) is 1. The van der Waals surface area contributed by atoms with Gasteiger partial charge in [-0.25, -0.2) is 14.4 Å². The van der Waals surface area contributed by atoms with Gasteiger partial charge in [0, 0.05) is 76.9 Å². The minimum atomic E-state index is -0.905. The molecule has 0 saturated carbocycles. The van der Waals surface area contributed by atoms with E-state index in [0.29, 0.717) is 36.9 Å². The number of hydrogen-bond acceptors (Lipinski definition) is 10. The summed E-state index contributed by atoms with van der Waals surface area (Å²) in [5, 5.41) is 8.17. The van der Waals surface area contributed by atoms with Crippen LogP contribution in [0.2, 0.25) is 0 Å². The van der Waals surface area contributed by atoms with Gasteiger partial charge < -0.3 is 41.0 Å². The Morgan fingerprint density at radius 1 is 0.761 bits per heavy atom. The molecule has 8 amide bonds. The van der Waals surface area contributed by atoms with Crippen LogP contribution >= 0.6 is 0 Å². The summed E-state index contributed by atoms with van der Waals surface area (Å²) in [5.41, 5.74) is 8.36. The van der Waals surface area contributed by atoms with Crippen LogP contribution in [0.25, 0.3) is 11.1 Å². The van der Waals surface area contributed by atoms with Crippen molar-refractivity contribution in [2.24, 2.45) is 17.6 Å². The molecule has 3 aromatic rings. The number of benzene rings is 3. The number of primary amides is 1. The van der Waals surface area contributed by atoms with Gasteiger partial charge in [0.05, 0.1) is 6.04 Å². The highest BCUT2D eigenvalue weighted by Crippen LogP contribution is 2.28. The van der Waals surface area contributed by atoms with Crippen LogP contribution in [-0.2, 0) is 45.7 Å². The van der Waals surface area contributed by atoms with E-state index in [1.807, 2.05) is 68.4 Å². The van der Waals surface area contributed by atoms with Gasteiger partial charge in [-0.2, -0.15) is 0 Å². The molecule has 2 atom stereocenters. The standard InChI is InChI=1S/C50H65N7O10/c1-34(2)45(54-42(59)17-11-8-12-29-57-43(60)26-27-44(57)61)41(58)32-38(16-13-28-52-47(51)63)46(62)53-40-24-18-35(19-25-40)33-66-48(64)55(5)30-31-56(6)49(65)67-50(3,4)39-22-20-37(21-23-39)36-14-9-7-10-15-36/h7,9-10,14-15,18-27,34,38,45H,8,11-13,16-17,28-33H2,1-6H3,(H,53,62)(H,54,59)(H3,51,52,63)/t38-,45+/m1/s1. The maximum absolute atomic E-state index is 13.7. The zero-order valence-corrected chi connectivity index (χ0v) is 39.4. The molecule has 17 heteroatoms. The molecule has 0 fully saturated rings. The molecular formula is C50H65N7O10. The van der Waals surface area contributed by atoms with Gasteiger partial charge in [-0.05, 0) is 79.8 Å². The lowest BCUT2D eigenvalue weighted by Gasteiger charge is -2.29. The lowest BCUT2D eigenvalue weighted by Crippen LogP contribution is -2.45. The van der Waals surface area contributed by atoms with Gasteiger partial charge in [-0.15, -0.1) is 0 Å². The van der Waals surface area contributed by atoms with Crippen molar-refractivity contribution in [1.82, 2.24) is 25.3 Å². The Morgan fingerprint density at radius 3 is 1.99 bits per heavy atom. The van der Waals surface area contributed by atoms with Crippen molar-refractivity contribution in [3.05, 3.63) is 102 Å². The number of carbonyl (C=O) groups excluding carboxylic acids is 8. The van der Waals surface area contributed by atoms with Crippen LogP contribution in [-0.4, -0.2) is 109 Å². The van der Waals surface area contributed by atoms with E-state index in [1.165, 1.54) is 22.0 Å². The molecule has 1 aliphatic rings. The number of anilines is 1. The molecule has 0 saturated heterocycles. The number of nitrogens with two attached hydrogens (primary N) is 1. The smallest absolute Gasteiger partial charge is 0.410 e. The predicted molar refractivity (Wildman–Crippen MR) is 253 cm³/mol. The first-order chi connectivity index (χ1) is 31.8. The number of unbranched alkanes of at least 4 members (excludes halogenated alkanes) is 2. The quantitative estimate of drug-likeness (QED) is 0.0532. The lowest BCUT2D eigenvalue weighted by molar-refractivity contribution is -0.137. The maximum atomic E-state index is 13.7. The number of rotatable bonds is 25. The number of ketones is 1. The van der Waals surface area contributed by atoms with Crippen molar-refractivity contribution in [3.8, 4) is 11.1 Å². The topological polar surface area (TPSA) is 227 Å². The molecule has 0 bridgehead atoms. The SMILES string of the molecule is CC(C)[C@H](NC(=O)CCCCCN1C(=O)C=CC1=O)C(=O)C[C@@H](CCCNC(N)=O)C(=O)Nc1ccc(COC(=O)N(C)CCN(C)C(=O)OC(C)(C)c2ccc(-c3ccccc3)cc2)cc1. The summed E-state index contributed by atoms with van der Waals surface area (Å²) in [4.78, 5) is 105. The normalized spacial score (nSPS) is 13.1. The molecule has 0 unspecified atom stereocenters. The molecule has 0 radical (unpaired) electrons. The Morgan fingerprint density at radius 2 is 1.37 bits per heavy atom. The fraction of sp³-hybridized carbons (Fsp3) is 0.440. The third-order valence-corrected chi connectivity index (χ3v) is 11.4. The third kappa shape index (κ3) is 17.0. The summed E-state index contributed by atoms with van der Waals surface area (Å²) in [6.07, 6.45) is 3.54. The van der Waals surface area contributed by atoms with Gasteiger partial charge in [0.25, 0.3) is 11.8 Å². The largest absolute Gasteiger partial charge is 0.445 e. The fourth-order valence-electron chi connectivity index (χ4n) is 7.22. The molecule has 1 heterocycles. The van der Waals surface area contributed by atoms with Gasteiger partial charge in [0.15, 0.2) is 5.78 Å². The first-order valence-corrected chi connectivity index (χ1v) is 22.6. The number of likely N-dealkylation sites (N-methyl/N-ethyl adjacent to an activating group) is 2. The summed E-state index contributed by atoms with van der Waals surface area (Å²) in [6.45, 7) is 8.03. The Bertz CT molecular complexity index is 2190. The minimum absolute atomic E-state index is 0.0584. The van der Waals surface area contributed by atoms with Crippen molar-refractivity contribution in [3.63, 3.8) is 0 Å². The van der Waals surface area contributed by atoms with Crippen LogP contribution < -0.4 is 21.7 Å². The van der Waals surface area contributed by atoms with E-state index >= 15 is 0 Å². The van der Waals surface area contributed by atoms with Crippen LogP contribution in [0.1, 0.15) is 83.8 Å². The van der Waals surface area contributed by atoms with Gasteiger partial charge >= 0.3 is 18.2 Å². The first-order valence-electron chi connectivity index (χ1n) is 22.6. The number of imide groups is 1. The van der Waals surface area contributed by atoms with Gasteiger partial charge in [0.2, 0.25) is 11.8 Å². The predicted octanol–water partition coefficient (Wildman–Crippen LogP) is 6.51. The number of nitrogens with zero attached hydrogens (tertiary/aromatic N) is 3.